The topological polar surface area (TPSA) is 104 Å². The van der Waals surface area contributed by atoms with E-state index in [1.165, 1.54) is 51.0 Å². The van der Waals surface area contributed by atoms with E-state index in [2.05, 4.69) is 67.8 Å². The van der Waals surface area contributed by atoms with Crippen LogP contribution in [0.15, 0.2) is 60.8 Å². The van der Waals surface area contributed by atoms with Gasteiger partial charge in [0, 0.05) is 6.42 Å². The van der Waals surface area contributed by atoms with E-state index in [1.54, 1.807) is 6.08 Å². The van der Waals surface area contributed by atoms with E-state index in [-0.39, 0.29) is 12.3 Å². The van der Waals surface area contributed by atoms with Gasteiger partial charge in [0.15, 0.2) is 0 Å². The lowest BCUT2D eigenvalue weighted by molar-refractivity contribution is -0.122. The minimum Gasteiger partial charge on any atom is -0.387 e. The zero-order chi connectivity index (χ0) is 31.2. The average molecular weight is 608 g/mol. The molecule has 0 bridgehead atoms. The lowest BCUT2D eigenvalue weighted by atomic mass is 10.1. The maximum Gasteiger partial charge on any atom is 0.267 e. The predicted octanol–water partition coefficient (Wildman–Crippen LogP) is 8.95. The Morgan fingerprint density at radius 3 is 1.74 bits per heavy atom. The number of aliphatic hydroxyl groups is 1. The third-order valence-corrected chi connectivity index (χ3v) is 7.69. The molecule has 0 radical (unpaired) electrons. The minimum absolute atomic E-state index is 0.272. The molecule has 0 saturated heterocycles. The summed E-state index contributed by atoms with van der Waals surface area (Å²) in [5.41, 5.74) is 0. The highest BCUT2D eigenvalue weighted by Gasteiger charge is 2.24. The summed E-state index contributed by atoms with van der Waals surface area (Å²) in [4.78, 5) is 12.4. The average Bonchev–Trinajstić information content (AvgIpc) is 2.94. The van der Waals surface area contributed by atoms with E-state index in [4.69, 9.17) is 0 Å². The molecule has 0 aliphatic rings. The monoisotopic (exact) mass is 607 g/mol. The third kappa shape index (κ3) is 29.5. The molecule has 242 valence electrons. The van der Waals surface area contributed by atoms with Crippen molar-refractivity contribution in [2.24, 2.45) is 0 Å². The first kappa shape index (κ1) is 40.0. The first-order chi connectivity index (χ1) is 20.3. The van der Waals surface area contributed by atoms with Crippen molar-refractivity contribution in [2.45, 2.75) is 148 Å². The summed E-state index contributed by atoms with van der Waals surface area (Å²) in [5, 5.41) is 13.1. The molecule has 42 heavy (non-hydrogen) atoms. The van der Waals surface area contributed by atoms with Gasteiger partial charge in [-0.15, -0.1) is 0 Å². The highest BCUT2D eigenvalue weighted by Crippen LogP contribution is 2.11. The molecule has 2 unspecified atom stereocenters. The van der Waals surface area contributed by atoms with Gasteiger partial charge in [0.25, 0.3) is 10.1 Å². The zero-order valence-electron chi connectivity index (χ0n) is 26.6. The van der Waals surface area contributed by atoms with Crippen molar-refractivity contribution < 1.29 is 22.9 Å². The molecule has 0 aliphatic carbocycles. The smallest absolute Gasteiger partial charge is 0.267 e. The van der Waals surface area contributed by atoms with Crippen LogP contribution in [-0.2, 0) is 14.9 Å². The first-order valence-corrected chi connectivity index (χ1v) is 18.1. The van der Waals surface area contributed by atoms with Gasteiger partial charge < -0.3 is 10.4 Å². The van der Waals surface area contributed by atoms with Crippen molar-refractivity contribution in [1.29, 1.82) is 0 Å². The summed E-state index contributed by atoms with van der Waals surface area (Å²) in [5.74, 6) is -1.03. The van der Waals surface area contributed by atoms with E-state index in [0.29, 0.717) is 12.8 Å². The van der Waals surface area contributed by atoms with E-state index in [0.717, 1.165) is 57.8 Å². The van der Waals surface area contributed by atoms with Crippen molar-refractivity contribution in [3.63, 3.8) is 0 Å². The number of carbonyl (C=O) groups is 1. The molecular formula is C35H61NO5S. The molecular weight excluding hydrogens is 546 g/mol. The van der Waals surface area contributed by atoms with Crippen LogP contribution in [-0.4, -0.2) is 41.9 Å². The lowest BCUT2D eigenvalue weighted by Gasteiger charge is -2.21. The number of amides is 1. The van der Waals surface area contributed by atoms with Crippen LogP contribution in [0.1, 0.15) is 136 Å². The summed E-state index contributed by atoms with van der Waals surface area (Å²) >= 11 is 0. The van der Waals surface area contributed by atoms with Gasteiger partial charge in [-0.05, 0) is 70.6 Å². The van der Waals surface area contributed by atoms with E-state index in [9.17, 15) is 22.9 Å². The fourth-order valence-electron chi connectivity index (χ4n) is 4.46. The van der Waals surface area contributed by atoms with Crippen LogP contribution in [0.2, 0.25) is 0 Å². The summed E-state index contributed by atoms with van der Waals surface area (Å²) in [6, 6.07) is -1.08. The molecule has 0 aromatic heterocycles. The maximum atomic E-state index is 12.4. The second-order valence-electron chi connectivity index (χ2n) is 11.0. The molecule has 0 saturated carbocycles. The number of carbonyl (C=O) groups excluding carboxylic acids is 1. The van der Waals surface area contributed by atoms with Crippen molar-refractivity contribution >= 4 is 16.0 Å². The third-order valence-electron chi connectivity index (χ3n) is 6.91. The van der Waals surface area contributed by atoms with Crippen LogP contribution >= 0.6 is 0 Å². The van der Waals surface area contributed by atoms with E-state index in [1.807, 2.05) is 0 Å². The van der Waals surface area contributed by atoms with E-state index >= 15 is 0 Å². The van der Waals surface area contributed by atoms with Gasteiger partial charge in [-0.25, -0.2) is 0 Å². The molecule has 3 N–H and O–H groups in total. The predicted molar refractivity (Wildman–Crippen MR) is 179 cm³/mol. The summed E-state index contributed by atoms with van der Waals surface area (Å²) in [6.07, 6.45) is 39.2. The molecule has 7 heteroatoms. The highest BCUT2D eigenvalue weighted by atomic mass is 32.2. The Balaban J connectivity index is 4.07. The molecule has 6 nitrogen and oxygen atoms in total. The quantitative estimate of drug-likeness (QED) is 0.0468. The Hall–Kier alpha value is -1.96. The fourth-order valence-corrected chi connectivity index (χ4v) is 5.19. The van der Waals surface area contributed by atoms with E-state index < -0.39 is 28.0 Å². The standard InChI is InChI=1S/C35H61NO5S/c1-3-5-7-9-11-13-15-16-17-18-19-20-21-23-25-27-29-31-35(38)36-33(32-42(39,40)41)34(37)30-28-26-24-22-14-12-10-8-6-4-2/h6,8,11,13-14,16-17,22,28,30,33-34,37H,3-5,7,9-10,12,15,18-21,23-27,29,31-32H2,1-2H3,(H,36,38)(H,39,40,41)/b8-6+,13-11-,17-16-,22-14+,30-28+. The van der Waals surface area contributed by atoms with Gasteiger partial charge >= 0.3 is 0 Å². The number of allylic oxidation sites excluding steroid dienone is 9. The number of rotatable bonds is 28. The Kier molecular flexibility index (Phi) is 27.8. The summed E-state index contributed by atoms with van der Waals surface area (Å²) in [6.45, 7) is 4.34. The number of aliphatic hydroxyl groups excluding tert-OH is 1. The fraction of sp³-hybridized carbons (Fsp3) is 0.686. The molecule has 0 spiro atoms. The van der Waals surface area contributed by atoms with Crippen molar-refractivity contribution in [3.8, 4) is 0 Å². The van der Waals surface area contributed by atoms with Crippen LogP contribution < -0.4 is 5.32 Å². The van der Waals surface area contributed by atoms with Crippen molar-refractivity contribution in [3.05, 3.63) is 60.8 Å². The number of nitrogens with one attached hydrogen (secondary N) is 1. The van der Waals surface area contributed by atoms with Crippen molar-refractivity contribution in [1.82, 2.24) is 5.32 Å². The molecule has 0 aromatic rings. The molecule has 0 heterocycles. The van der Waals surface area contributed by atoms with Gasteiger partial charge in [-0.3, -0.25) is 9.35 Å². The number of hydrogen-bond donors (Lipinski definition) is 3. The van der Waals surface area contributed by atoms with Gasteiger partial charge in [0.05, 0.1) is 17.9 Å². The second-order valence-corrected chi connectivity index (χ2v) is 12.5. The van der Waals surface area contributed by atoms with Crippen LogP contribution in [0.5, 0.6) is 0 Å². The van der Waals surface area contributed by atoms with Crippen LogP contribution in [0.3, 0.4) is 0 Å². The number of unbranched alkanes of at least 4 members (excludes halogenated alkanes) is 12. The van der Waals surface area contributed by atoms with Gasteiger partial charge in [-0.2, -0.15) is 8.42 Å². The number of hydrogen-bond acceptors (Lipinski definition) is 4. The lowest BCUT2D eigenvalue weighted by Crippen LogP contribution is -2.46. The molecule has 2 atom stereocenters. The largest absolute Gasteiger partial charge is 0.387 e. The second kappa shape index (κ2) is 29.1. The molecule has 0 rings (SSSR count). The highest BCUT2D eigenvalue weighted by molar-refractivity contribution is 7.85. The Labute approximate surface area is 258 Å². The molecule has 0 fully saturated rings. The zero-order valence-corrected chi connectivity index (χ0v) is 27.4. The normalized spacial score (nSPS) is 14.3. The van der Waals surface area contributed by atoms with Gasteiger partial charge in [0.2, 0.25) is 5.91 Å². The van der Waals surface area contributed by atoms with Gasteiger partial charge in [-0.1, -0.05) is 120 Å². The molecule has 0 aliphatic heterocycles. The summed E-state index contributed by atoms with van der Waals surface area (Å²) < 4.78 is 32.2. The Bertz CT molecular complexity index is 889. The van der Waals surface area contributed by atoms with Gasteiger partial charge in [0.1, 0.15) is 0 Å². The van der Waals surface area contributed by atoms with Crippen LogP contribution in [0.4, 0.5) is 0 Å². The Morgan fingerprint density at radius 2 is 1.17 bits per heavy atom. The Morgan fingerprint density at radius 1 is 0.667 bits per heavy atom. The van der Waals surface area contributed by atoms with Crippen LogP contribution in [0, 0.1) is 0 Å². The van der Waals surface area contributed by atoms with Crippen LogP contribution in [0.25, 0.3) is 0 Å². The first-order valence-electron chi connectivity index (χ1n) is 16.5. The minimum atomic E-state index is -4.35. The molecule has 0 aromatic carbocycles. The van der Waals surface area contributed by atoms with Crippen molar-refractivity contribution in [2.75, 3.05) is 5.75 Å². The SMILES string of the molecule is CC/C=C/CC/C=C/CC/C=C/C(O)C(CS(=O)(=O)O)NC(=O)CCCCCCCCC/C=C\C/C=C\CCCCC. The maximum absolute atomic E-state index is 12.4. The summed E-state index contributed by atoms with van der Waals surface area (Å²) in [7, 11) is -4.35. The molecule has 1 amide bonds.